The smallest absolute Gasteiger partial charge is 0.267 e. The average Bonchev–Trinajstić information content (AvgIpc) is 2.76. The first-order valence-electron chi connectivity index (χ1n) is 4.77. The fraction of sp³-hybridized carbons (Fsp3) is 0.667. The number of rotatable bonds is 1. The van der Waals surface area contributed by atoms with Crippen molar-refractivity contribution in [3.63, 3.8) is 0 Å². The minimum Gasteiger partial charge on any atom is -0.331 e. The molecule has 1 unspecified atom stereocenters. The van der Waals surface area contributed by atoms with Gasteiger partial charge in [0.25, 0.3) is 5.91 Å². The lowest BCUT2D eigenvalue weighted by Crippen LogP contribution is -2.46. The van der Waals surface area contributed by atoms with Gasteiger partial charge in [0, 0.05) is 6.54 Å². The normalized spacial score (nSPS) is 24.5. The zero-order valence-electron chi connectivity index (χ0n) is 8.61. The van der Waals surface area contributed by atoms with E-state index < -0.39 is 0 Å². The number of carbonyl (C=O) groups is 1. The molecular formula is C9H12ClN3OS. The van der Waals surface area contributed by atoms with E-state index in [-0.39, 0.29) is 16.8 Å². The van der Waals surface area contributed by atoms with Gasteiger partial charge < -0.3 is 4.90 Å². The highest BCUT2D eigenvalue weighted by Gasteiger charge is 2.43. The molecule has 0 N–H and O–H groups in total. The number of carbonyl (C=O) groups excluding carboxylic acids is 1. The van der Waals surface area contributed by atoms with E-state index in [1.807, 2.05) is 13.8 Å². The van der Waals surface area contributed by atoms with E-state index in [0.29, 0.717) is 11.4 Å². The Bertz CT molecular complexity index is 365. The van der Waals surface area contributed by atoms with Crippen molar-refractivity contribution in [2.24, 2.45) is 0 Å². The Morgan fingerprint density at radius 1 is 1.73 bits per heavy atom. The summed E-state index contributed by atoms with van der Waals surface area (Å²) in [5.74, 6) is -0.0156. The van der Waals surface area contributed by atoms with Gasteiger partial charge in [0.2, 0.25) is 0 Å². The van der Waals surface area contributed by atoms with Gasteiger partial charge in [-0.1, -0.05) is 4.49 Å². The van der Waals surface area contributed by atoms with Gasteiger partial charge in [0.15, 0.2) is 0 Å². The monoisotopic (exact) mass is 245 g/mol. The summed E-state index contributed by atoms with van der Waals surface area (Å²) in [6.07, 6.45) is 2.34. The lowest BCUT2D eigenvalue weighted by Gasteiger charge is -2.33. The molecule has 2 rings (SSSR count). The van der Waals surface area contributed by atoms with Gasteiger partial charge in [0.1, 0.15) is 4.88 Å². The number of halogens is 1. The van der Waals surface area contributed by atoms with E-state index in [9.17, 15) is 4.79 Å². The summed E-state index contributed by atoms with van der Waals surface area (Å²) in [6, 6.07) is 0. The Hall–Kier alpha value is -0.680. The number of hydrogen-bond acceptors (Lipinski definition) is 4. The van der Waals surface area contributed by atoms with Crippen LogP contribution in [-0.2, 0) is 0 Å². The molecule has 0 bridgehead atoms. The Morgan fingerprint density at radius 3 is 2.93 bits per heavy atom. The van der Waals surface area contributed by atoms with E-state index in [0.717, 1.165) is 18.0 Å². The second kappa shape index (κ2) is 3.72. The molecule has 0 saturated carbocycles. The number of amides is 1. The molecule has 0 aliphatic carbocycles. The number of hydrogen-bond donors (Lipinski definition) is 0. The SMILES string of the molecule is CC1(C)C(Cl)CCN1C(=O)c1cnns1. The Morgan fingerprint density at radius 2 is 2.47 bits per heavy atom. The fourth-order valence-electron chi connectivity index (χ4n) is 1.81. The van der Waals surface area contributed by atoms with E-state index in [1.165, 1.54) is 6.20 Å². The molecule has 15 heavy (non-hydrogen) atoms. The minimum atomic E-state index is -0.289. The molecule has 1 aromatic heterocycles. The Balaban J connectivity index is 2.22. The number of likely N-dealkylation sites (tertiary alicyclic amines) is 1. The van der Waals surface area contributed by atoms with Crippen LogP contribution in [0.1, 0.15) is 29.9 Å². The molecule has 1 aliphatic rings. The van der Waals surface area contributed by atoms with Gasteiger partial charge in [-0.2, -0.15) is 0 Å². The maximum absolute atomic E-state index is 12.1. The predicted molar refractivity (Wildman–Crippen MR) is 59.3 cm³/mol. The van der Waals surface area contributed by atoms with E-state index in [2.05, 4.69) is 9.59 Å². The Labute approximate surface area is 97.4 Å². The standard InChI is InChI=1S/C9H12ClN3OS/c1-9(2)7(10)3-4-13(9)8(14)6-5-11-12-15-6/h5,7H,3-4H2,1-2H3. The molecule has 2 heterocycles. The third kappa shape index (κ3) is 1.74. The van der Waals surface area contributed by atoms with Crippen LogP contribution in [0.5, 0.6) is 0 Å². The van der Waals surface area contributed by atoms with Crippen molar-refractivity contribution < 1.29 is 4.79 Å². The van der Waals surface area contributed by atoms with Gasteiger partial charge in [-0.3, -0.25) is 4.79 Å². The molecular weight excluding hydrogens is 234 g/mol. The van der Waals surface area contributed by atoms with Crippen molar-refractivity contribution in [1.29, 1.82) is 0 Å². The van der Waals surface area contributed by atoms with E-state index in [4.69, 9.17) is 11.6 Å². The third-order valence-corrected chi connectivity index (χ3v) is 4.29. The molecule has 0 radical (unpaired) electrons. The highest BCUT2D eigenvalue weighted by Crippen LogP contribution is 2.34. The molecule has 1 fully saturated rings. The van der Waals surface area contributed by atoms with Crippen LogP contribution in [0.4, 0.5) is 0 Å². The maximum atomic E-state index is 12.1. The molecule has 0 aromatic carbocycles. The molecule has 1 amide bonds. The summed E-state index contributed by atoms with van der Waals surface area (Å²) < 4.78 is 3.69. The van der Waals surface area contributed by atoms with E-state index in [1.54, 1.807) is 4.90 Å². The molecule has 82 valence electrons. The number of aromatic nitrogens is 2. The molecule has 4 nitrogen and oxygen atoms in total. The molecule has 1 saturated heterocycles. The first-order chi connectivity index (χ1) is 7.03. The number of nitrogens with zero attached hydrogens (tertiary/aromatic N) is 3. The second-order valence-corrected chi connectivity index (χ2v) is 5.46. The number of alkyl halides is 1. The van der Waals surface area contributed by atoms with Gasteiger partial charge >= 0.3 is 0 Å². The quantitative estimate of drug-likeness (QED) is 0.709. The minimum absolute atomic E-state index is 0.0156. The first-order valence-corrected chi connectivity index (χ1v) is 5.98. The highest BCUT2D eigenvalue weighted by molar-refractivity contribution is 7.07. The summed E-state index contributed by atoms with van der Waals surface area (Å²) in [7, 11) is 0. The van der Waals surface area contributed by atoms with Crippen LogP contribution in [-0.4, -0.2) is 37.9 Å². The van der Waals surface area contributed by atoms with Gasteiger partial charge in [-0.25, -0.2) is 0 Å². The van der Waals surface area contributed by atoms with Crippen LogP contribution >= 0.6 is 23.1 Å². The molecule has 1 atom stereocenters. The van der Waals surface area contributed by atoms with Crippen LogP contribution < -0.4 is 0 Å². The molecule has 1 aliphatic heterocycles. The van der Waals surface area contributed by atoms with E-state index >= 15 is 0 Å². The summed E-state index contributed by atoms with van der Waals surface area (Å²) >= 11 is 7.31. The van der Waals surface area contributed by atoms with Crippen LogP contribution in [0.3, 0.4) is 0 Å². The Kier molecular flexibility index (Phi) is 2.68. The second-order valence-electron chi connectivity index (χ2n) is 4.15. The zero-order valence-corrected chi connectivity index (χ0v) is 10.2. The largest absolute Gasteiger partial charge is 0.331 e. The maximum Gasteiger partial charge on any atom is 0.267 e. The van der Waals surface area contributed by atoms with Gasteiger partial charge in [-0.15, -0.1) is 16.7 Å². The summed E-state index contributed by atoms with van der Waals surface area (Å²) in [6.45, 7) is 4.69. The van der Waals surface area contributed by atoms with Crippen LogP contribution in [0.15, 0.2) is 6.20 Å². The fourth-order valence-corrected chi connectivity index (χ4v) is 2.49. The molecule has 1 aromatic rings. The van der Waals surface area contributed by atoms with Crippen molar-refractivity contribution in [2.45, 2.75) is 31.2 Å². The van der Waals surface area contributed by atoms with Gasteiger partial charge in [-0.05, 0) is 31.8 Å². The summed E-state index contributed by atoms with van der Waals surface area (Å²) in [4.78, 5) is 14.4. The van der Waals surface area contributed by atoms with Crippen molar-refractivity contribution in [1.82, 2.24) is 14.5 Å². The lowest BCUT2D eigenvalue weighted by molar-refractivity contribution is 0.0659. The summed E-state index contributed by atoms with van der Waals surface area (Å²) in [5, 5.41) is 3.69. The van der Waals surface area contributed by atoms with Crippen molar-refractivity contribution in [2.75, 3.05) is 6.54 Å². The van der Waals surface area contributed by atoms with Gasteiger partial charge in [0.05, 0.1) is 17.1 Å². The lowest BCUT2D eigenvalue weighted by atomic mass is 10.0. The highest BCUT2D eigenvalue weighted by atomic mass is 35.5. The van der Waals surface area contributed by atoms with Crippen molar-refractivity contribution in [3.8, 4) is 0 Å². The first kappa shape index (κ1) is 10.8. The van der Waals surface area contributed by atoms with Crippen LogP contribution in [0.2, 0.25) is 0 Å². The van der Waals surface area contributed by atoms with Crippen molar-refractivity contribution in [3.05, 3.63) is 11.1 Å². The molecule has 0 spiro atoms. The van der Waals surface area contributed by atoms with Crippen LogP contribution in [0, 0.1) is 0 Å². The average molecular weight is 246 g/mol. The topological polar surface area (TPSA) is 46.1 Å². The summed E-state index contributed by atoms with van der Waals surface area (Å²) in [5.41, 5.74) is -0.289. The van der Waals surface area contributed by atoms with Crippen LogP contribution in [0.25, 0.3) is 0 Å². The predicted octanol–water partition coefficient (Wildman–Crippen LogP) is 1.77. The van der Waals surface area contributed by atoms with Crippen molar-refractivity contribution >= 4 is 29.0 Å². The third-order valence-electron chi connectivity index (χ3n) is 2.89. The zero-order chi connectivity index (χ0) is 11.1. The molecule has 6 heteroatoms.